The van der Waals surface area contributed by atoms with Crippen molar-refractivity contribution in [2.24, 2.45) is 0 Å². The van der Waals surface area contributed by atoms with Gasteiger partial charge < -0.3 is 9.64 Å². The zero-order valence-corrected chi connectivity index (χ0v) is 8.44. The summed E-state index contributed by atoms with van der Waals surface area (Å²) in [5.74, 6) is -0.321. The number of carbonyl (C=O) groups excluding carboxylic acids is 1. The molecule has 15 heavy (non-hydrogen) atoms. The molecule has 0 radical (unpaired) electrons. The molecule has 1 aliphatic heterocycles. The van der Waals surface area contributed by atoms with Gasteiger partial charge in [0.1, 0.15) is 18.5 Å². The van der Waals surface area contributed by atoms with Gasteiger partial charge >= 0.3 is 0 Å². The fraction of sp³-hybridized carbons (Fsp3) is 0.364. The van der Waals surface area contributed by atoms with Crippen LogP contribution in [0.25, 0.3) is 0 Å². The third kappa shape index (κ3) is 2.15. The van der Waals surface area contributed by atoms with E-state index in [2.05, 4.69) is 0 Å². The number of nitrogens with zero attached hydrogens (tertiary/aromatic N) is 1. The molecule has 0 unspecified atom stereocenters. The average Bonchev–Trinajstić information content (AvgIpc) is 2.22. The van der Waals surface area contributed by atoms with Gasteiger partial charge in [-0.1, -0.05) is 12.1 Å². The van der Waals surface area contributed by atoms with E-state index in [1.54, 1.807) is 24.1 Å². The summed E-state index contributed by atoms with van der Waals surface area (Å²) in [6.07, 6.45) is -0.219. The van der Waals surface area contributed by atoms with E-state index in [9.17, 15) is 9.18 Å². The Bertz CT molecular complexity index is 381. The summed E-state index contributed by atoms with van der Waals surface area (Å²) in [5, 5.41) is 0. The molecule has 0 bridgehead atoms. The first kappa shape index (κ1) is 10.1. The maximum absolute atomic E-state index is 13.0. The summed E-state index contributed by atoms with van der Waals surface area (Å²) in [5.41, 5.74) is 0.773. The van der Waals surface area contributed by atoms with E-state index in [4.69, 9.17) is 4.74 Å². The molecule has 2 rings (SSSR count). The number of carbonyl (C=O) groups is 1. The minimum atomic E-state index is -0.282. The van der Waals surface area contributed by atoms with Gasteiger partial charge in [-0.2, -0.15) is 0 Å². The van der Waals surface area contributed by atoms with Gasteiger partial charge in [-0.3, -0.25) is 4.79 Å². The van der Waals surface area contributed by atoms with Gasteiger partial charge in [-0.25, -0.2) is 4.39 Å². The second-order valence-electron chi connectivity index (χ2n) is 3.63. The van der Waals surface area contributed by atoms with Crippen LogP contribution in [-0.4, -0.2) is 31.0 Å². The Morgan fingerprint density at radius 1 is 1.53 bits per heavy atom. The van der Waals surface area contributed by atoms with E-state index in [-0.39, 0.29) is 24.4 Å². The van der Waals surface area contributed by atoms with Crippen LogP contribution in [0.1, 0.15) is 11.7 Å². The molecule has 1 aliphatic rings. The van der Waals surface area contributed by atoms with Crippen LogP contribution in [0.15, 0.2) is 24.3 Å². The van der Waals surface area contributed by atoms with Crippen molar-refractivity contribution in [1.82, 2.24) is 4.90 Å². The van der Waals surface area contributed by atoms with Crippen LogP contribution in [0.4, 0.5) is 4.39 Å². The van der Waals surface area contributed by atoms with Crippen molar-refractivity contribution in [2.75, 3.05) is 20.2 Å². The second kappa shape index (κ2) is 3.98. The minimum absolute atomic E-state index is 0.0392. The van der Waals surface area contributed by atoms with E-state index >= 15 is 0 Å². The summed E-state index contributed by atoms with van der Waals surface area (Å²) < 4.78 is 18.3. The zero-order valence-electron chi connectivity index (χ0n) is 8.44. The molecular formula is C11H12FNO2. The molecule has 0 spiro atoms. The van der Waals surface area contributed by atoms with Crippen molar-refractivity contribution in [1.29, 1.82) is 0 Å². The molecule has 80 valence electrons. The van der Waals surface area contributed by atoms with Crippen molar-refractivity contribution in [2.45, 2.75) is 6.10 Å². The summed E-state index contributed by atoms with van der Waals surface area (Å²) >= 11 is 0. The molecule has 1 saturated heterocycles. The van der Waals surface area contributed by atoms with Crippen LogP contribution in [0.5, 0.6) is 0 Å². The number of likely N-dealkylation sites (N-methyl/N-ethyl adjacent to an activating group) is 1. The first-order valence-corrected chi connectivity index (χ1v) is 4.78. The average molecular weight is 209 g/mol. The van der Waals surface area contributed by atoms with E-state index in [1.165, 1.54) is 12.1 Å². The molecular weight excluding hydrogens is 197 g/mol. The third-order valence-electron chi connectivity index (χ3n) is 2.49. The van der Waals surface area contributed by atoms with E-state index < -0.39 is 0 Å². The number of rotatable bonds is 1. The lowest BCUT2D eigenvalue weighted by Crippen LogP contribution is -2.40. The fourth-order valence-corrected chi connectivity index (χ4v) is 1.59. The number of amides is 1. The highest BCUT2D eigenvalue weighted by atomic mass is 19.1. The standard InChI is InChI=1S/C11H12FNO2/c1-13-6-10(15-7-11(13)14)8-3-2-4-9(12)5-8/h2-5,10H,6-7H2,1H3/t10-/m0/s1. The van der Waals surface area contributed by atoms with Crippen molar-refractivity contribution >= 4 is 5.91 Å². The Hall–Kier alpha value is -1.42. The topological polar surface area (TPSA) is 29.5 Å². The van der Waals surface area contributed by atoms with Gasteiger partial charge in [0.25, 0.3) is 0 Å². The normalized spacial score (nSPS) is 21.9. The third-order valence-corrected chi connectivity index (χ3v) is 2.49. The van der Waals surface area contributed by atoms with Crippen LogP contribution < -0.4 is 0 Å². The number of ether oxygens (including phenoxy) is 1. The maximum atomic E-state index is 13.0. The zero-order chi connectivity index (χ0) is 10.8. The molecule has 0 aromatic heterocycles. The predicted molar refractivity (Wildman–Crippen MR) is 52.7 cm³/mol. The van der Waals surface area contributed by atoms with Gasteiger partial charge in [0.2, 0.25) is 5.91 Å². The SMILES string of the molecule is CN1C[C@@H](c2cccc(F)c2)OCC1=O. The molecule has 4 heteroatoms. The van der Waals surface area contributed by atoms with Crippen LogP contribution in [-0.2, 0) is 9.53 Å². The Morgan fingerprint density at radius 3 is 3.00 bits per heavy atom. The first-order valence-electron chi connectivity index (χ1n) is 4.78. The van der Waals surface area contributed by atoms with Gasteiger partial charge in [-0.15, -0.1) is 0 Å². The van der Waals surface area contributed by atoms with Crippen LogP contribution in [0, 0.1) is 5.82 Å². The van der Waals surface area contributed by atoms with Crippen molar-refractivity contribution in [3.05, 3.63) is 35.6 Å². The lowest BCUT2D eigenvalue weighted by molar-refractivity contribution is -0.147. The van der Waals surface area contributed by atoms with Crippen molar-refractivity contribution < 1.29 is 13.9 Å². The fourth-order valence-electron chi connectivity index (χ4n) is 1.59. The van der Waals surface area contributed by atoms with Gasteiger partial charge in [-0.05, 0) is 17.7 Å². The van der Waals surface area contributed by atoms with Gasteiger partial charge in [0.05, 0.1) is 6.54 Å². The van der Waals surface area contributed by atoms with E-state index in [0.717, 1.165) is 5.56 Å². The number of hydrogen-bond acceptors (Lipinski definition) is 2. The summed E-state index contributed by atoms with van der Waals surface area (Å²) in [4.78, 5) is 12.8. The molecule has 1 amide bonds. The maximum Gasteiger partial charge on any atom is 0.248 e. The molecule has 1 atom stereocenters. The van der Waals surface area contributed by atoms with Gasteiger partial charge in [0.15, 0.2) is 0 Å². The molecule has 1 fully saturated rings. The summed E-state index contributed by atoms with van der Waals surface area (Å²) in [6.45, 7) is 0.542. The molecule has 1 heterocycles. The van der Waals surface area contributed by atoms with Crippen molar-refractivity contribution in [3.8, 4) is 0 Å². The highest BCUT2D eigenvalue weighted by Crippen LogP contribution is 2.22. The number of hydrogen-bond donors (Lipinski definition) is 0. The minimum Gasteiger partial charge on any atom is -0.362 e. The molecule has 1 aromatic rings. The van der Waals surface area contributed by atoms with E-state index in [1.807, 2.05) is 0 Å². The molecule has 1 aromatic carbocycles. The number of benzene rings is 1. The largest absolute Gasteiger partial charge is 0.362 e. The lowest BCUT2D eigenvalue weighted by atomic mass is 10.1. The molecule has 0 aliphatic carbocycles. The van der Waals surface area contributed by atoms with Crippen LogP contribution >= 0.6 is 0 Å². The molecule has 0 N–H and O–H groups in total. The number of halogens is 1. The summed E-state index contributed by atoms with van der Waals surface area (Å²) in [7, 11) is 1.72. The Kier molecular flexibility index (Phi) is 2.68. The molecule has 3 nitrogen and oxygen atoms in total. The Balaban J connectivity index is 2.15. The molecule has 0 saturated carbocycles. The van der Waals surface area contributed by atoms with Crippen LogP contribution in [0.3, 0.4) is 0 Å². The highest BCUT2D eigenvalue weighted by Gasteiger charge is 2.24. The smallest absolute Gasteiger partial charge is 0.248 e. The second-order valence-corrected chi connectivity index (χ2v) is 3.63. The Labute approximate surface area is 87.5 Å². The Morgan fingerprint density at radius 2 is 2.33 bits per heavy atom. The quantitative estimate of drug-likeness (QED) is 0.698. The highest BCUT2D eigenvalue weighted by molar-refractivity contribution is 5.77. The lowest BCUT2D eigenvalue weighted by Gasteiger charge is -2.30. The van der Waals surface area contributed by atoms with Gasteiger partial charge in [0, 0.05) is 7.05 Å². The van der Waals surface area contributed by atoms with E-state index in [0.29, 0.717) is 6.54 Å². The first-order chi connectivity index (χ1) is 7.16. The van der Waals surface area contributed by atoms with Crippen LogP contribution in [0.2, 0.25) is 0 Å². The predicted octanol–water partition coefficient (Wildman–Crippen LogP) is 1.36. The van der Waals surface area contributed by atoms with Crippen molar-refractivity contribution in [3.63, 3.8) is 0 Å². The number of morpholine rings is 1. The summed E-state index contributed by atoms with van der Waals surface area (Å²) in [6, 6.07) is 6.28. The monoisotopic (exact) mass is 209 g/mol.